The number of hydrogen-bond donors (Lipinski definition) is 1. The van der Waals surface area contributed by atoms with E-state index in [1.807, 2.05) is 20.8 Å². The molecule has 148 valence electrons. The van der Waals surface area contributed by atoms with Gasteiger partial charge in [0, 0.05) is 32.2 Å². The fraction of sp³-hybridized carbons (Fsp3) is 0.611. The molecule has 3 rings (SSSR count). The summed E-state index contributed by atoms with van der Waals surface area (Å²) in [6.07, 6.45) is 1.53. The van der Waals surface area contributed by atoms with Crippen molar-refractivity contribution in [1.82, 2.24) is 4.90 Å². The Balaban J connectivity index is 1.72. The Morgan fingerprint density at radius 1 is 1.26 bits per heavy atom. The van der Waals surface area contributed by atoms with Crippen molar-refractivity contribution in [2.24, 2.45) is 0 Å². The molecule has 0 unspecified atom stereocenters. The van der Waals surface area contributed by atoms with Crippen LogP contribution in [0.5, 0.6) is 0 Å². The third-order valence-electron chi connectivity index (χ3n) is 4.47. The van der Waals surface area contributed by atoms with E-state index in [9.17, 15) is 19.3 Å². The van der Waals surface area contributed by atoms with Crippen molar-refractivity contribution in [2.75, 3.05) is 36.4 Å². The van der Waals surface area contributed by atoms with E-state index < -0.39 is 16.3 Å². The average molecular weight is 380 g/mol. The van der Waals surface area contributed by atoms with E-state index in [0.29, 0.717) is 37.6 Å². The van der Waals surface area contributed by atoms with E-state index >= 15 is 0 Å². The summed E-state index contributed by atoms with van der Waals surface area (Å²) in [5.41, 5.74) is -0.168. The number of halogens is 1. The standard InChI is InChI=1S/C18H25FN4O4/c1-18(2,3)27-17(24)22-8-6-21(7-9-22)15-11-14(20-12-4-5-12)16(23(25)26)10-13(15)19/h10-12,20H,4-9H2,1-3H3. The second-order valence-electron chi connectivity index (χ2n) is 7.95. The maximum absolute atomic E-state index is 14.5. The number of nitrogens with zero attached hydrogens (tertiary/aromatic N) is 3. The van der Waals surface area contributed by atoms with Crippen LogP contribution < -0.4 is 10.2 Å². The summed E-state index contributed by atoms with van der Waals surface area (Å²) in [4.78, 5) is 26.2. The van der Waals surface area contributed by atoms with Crippen molar-refractivity contribution in [2.45, 2.75) is 45.3 Å². The summed E-state index contributed by atoms with van der Waals surface area (Å²) in [5, 5.41) is 14.3. The van der Waals surface area contributed by atoms with Gasteiger partial charge in [-0.05, 0) is 39.7 Å². The van der Waals surface area contributed by atoms with E-state index in [-0.39, 0.29) is 17.8 Å². The molecule has 1 aromatic rings. The number of anilines is 2. The van der Waals surface area contributed by atoms with E-state index in [1.165, 1.54) is 6.07 Å². The lowest BCUT2D eigenvalue weighted by molar-refractivity contribution is -0.384. The number of ether oxygens (including phenoxy) is 1. The maximum atomic E-state index is 14.5. The Hall–Kier alpha value is -2.58. The van der Waals surface area contributed by atoms with E-state index in [4.69, 9.17) is 4.74 Å². The number of hydrogen-bond acceptors (Lipinski definition) is 6. The molecule has 1 aliphatic heterocycles. The van der Waals surface area contributed by atoms with Gasteiger partial charge >= 0.3 is 6.09 Å². The average Bonchev–Trinajstić information content (AvgIpc) is 3.38. The number of nitrogens with one attached hydrogen (secondary N) is 1. The predicted octanol–water partition coefficient (Wildman–Crippen LogP) is 3.37. The topological polar surface area (TPSA) is 88.0 Å². The highest BCUT2D eigenvalue weighted by Crippen LogP contribution is 2.36. The van der Waals surface area contributed by atoms with Crippen LogP contribution in [0.15, 0.2) is 12.1 Å². The van der Waals surface area contributed by atoms with Crippen LogP contribution in [-0.4, -0.2) is 53.7 Å². The molecule has 2 fully saturated rings. The van der Waals surface area contributed by atoms with Gasteiger partial charge in [-0.2, -0.15) is 0 Å². The van der Waals surface area contributed by atoms with Gasteiger partial charge in [-0.25, -0.2) is 9.18 Å². The molecule has 8 nitrogen and oxygen atoms in total. The quantitative estimate of drug-likeness (QED) is 0.636. The van der Waals surface area contributed by atoms with E-state index in [1.54, 1.807) is 9.80 Å². The first kappa shape index (κ1) is 19.2. The van der Waals surface area contributed by atoms with Crippen LogP contribution in [0.3, 0.4) is 0 Å². The van der Waals surface area contributed by atoms with E-state index in [0.717, 1.165) is 18.9 Å². The Bertz CT molecular complexity index is 738. The molecule has 0 bridgehead atoms. The number of nitro benzene ring substituents is 1. The van der Waals surface area contributed by atoms with Gasteiger partial charge < -0.3 is 19.9 Å². The van der Waals surface area contributed by atoms with Gasteiger partial charge in [0.2, 0.25) is 0 Å². The third kappa shape index (κ3) is 4.78. The molecule has 1 heterocycles. The van der Waals surface area contributed by atoms with Gasteiger partial charge in [0.25, 0.3) is 5.69 Å². The molecule has 0 radical (unpaired) electrons. The highest BCUT2D eigenvalue weighted by atomic mass is 19.1. The molecular formula is C18H25FN4O4. The van der Waals surface area contributed by atoms with Gasteiger partial charge in [-0.1, -0.05) is 0 Å². The largest absolute Gasteiger partial charge is 0.444 e. The zero-order valence-electron chi connectivity index (χ0n) is 15.8. The van der Waals surface area contributed by atoms with Crippen LogP contribution in [0, 0.1) is 15.9 Å². The lowest BCUT2D eigenvalue weighted by Gasteiger charge is -2.37. The number of piperazine rings is 1. The molecular weight excluding hydrogens is 355 g/mol. The number of carbonyl (C=O) groups is 1. The summed E-state index contributed by atoms with van der Waals surface area (Å²) in [7, 11) is 0. The molecule has 27 heavy (non-hydrogen) atoms. The number of carbonyl (C=O) groups excluding carboxylic acids is 1. The highest BCUT2D eigenvalue weighted by molar-refractivity contribution is 5.71. The number of rotatable bonds is 4. The molecule has 1 aliphatic carbocycles. The van der Waals surface area contributed by atoms with Crippen molar-refractivity contribution in [1.29, 1.82) is 0 Å². The van der Waals surface area contributed by atoms with Crippen molar-refractivity contribution < 1.29 is 18.8 Å². The Morgan fingerprint density at radius 3 is 2.41 bits per heavy atom. The first-order valence-electron chi connectivity index (χ1n) is 9.11. The smallest absolute Gasteiger partial charge is 0.410 e. The van der Waals surface area contributed by atoms with Crippen LogP contribution in [0.1, 0.15) is 33.6 Å². The minimum absolute atomic E-state index is 0.214. The van der Waals surface area contributed by atoms with Crippen LogP contribution >= 0.6 is 0 Å². The summed E-state index contributed by atoms with van der Waals surface area (Å²) < 4.78 is 19.9. The van der Waals surface area contributed by atoms with Crippen LogP contribution in [0.25, 0.3) is 0 Å². The Kier molecular flexibility index (Phi) is 5.12. The molecule has 9 heteroatoms. The molecule has 0 spiro atoms. The summed E-state index contributed by atoms with van der Waals surface area (Å²) >= 11 is 0. The Labute approximate surface area is 157 Å². The lowest BCUT2D eigenvalue weighted by atomic mass is 10.2. The molecule has 1 amide bonds. The molecule has 2 aliphatic rings. The van der Waals surface area contributed by atoms with Crippen molar-refractivity contribution >= 4 is 23.2 Å². The van der Waals surface area contributed by atoms with Gasteiger partial charge in [-0.15, -0.1) is 0 Å². The summed E-state index contributed by atoms with van der Waals surface area (Å²) in [5.74, 6) is -0.631. The normalized spacial score (nSPS) is 17.6. The molecule has 1 saturated heterocycles. The zero-order chi connectivity index (χ0) is 19.8. The SMILES string of the molecule is CC(C)(C)OC(=O)N1CCN(c2cc(NC3CC3)c([N+](=O)[O-])cc2F)CC1. The minimum atomic E-state index is -0.631. The molecule has 1 N–H and O–H groups in total. The fourth-order valence-corrected chi connectivity index (χ4v) is 2.96. The van der Waals surface area contributed by atoms with Crippen LogP contribution in [0.2, 0.25) is 0 Å². The lowest BCUT2D eigenvalue weighted by Crippen LogP contribution is -2.50. The minimum Gasteiger partial charge on any atom is -0.444 e. The first-order valence-corrected chi connectivity index (χ1v) is 9.11. The molecule has 1 saturated carbocycles. The van der Waals surface area contributed by atoms with Gasteiger partial charge in [-0.3, -0.25) is 10.1 Å². The Morgan fingerprint density at radius 2 is 1.89 bits per heavy atom. The molecule has 0 aromatic heterocycles. The summed E-state index contributed by atoms with van der Waals surface area (Å²) in [6, 6.07) is 2.70. The predicted molar refractivity (Wildman–Crippen MR) is 99.7 cm³/mol. The monoisotopic (exact) mass is 380 g/mol. The summed E-state index contributed by atoms with van der Waals surface area (Å²) in [6.45, 7) is 7.08. The number of amides is 1. The van der Waals surface area contributed by atoms with Gasteiger partial charge in [0.05, 0.1) is 16.7 Å². The van der Waals surface area contributed by atoms with Crippen molar-refractivity contribution in [3.8, 4) is 0 Å². The second-order valence-corrected chi connectivity index (χ2v) is 7.95. The number of benzene rings is 1. The highest BCUT2D eigenvalue weighted by Gasteiger charge is 2.30. The van der Waals surface area contributed by atoms with Gasteiger partial charge in [0.15, 0.2) is 5.82 Å². The first-order chi connectivity index (χ1) is 12.6. The zero-order valence-corrected chi connectivity index (χ0v) is 15.8. The van der Waals surface area contributed by atoms with Gasteiger partial charge in [0.1, 0.15) is 11.3 Å². The van der Waals surface area contributed by atoms with Crippen LogP contribution in [-0.2, 0) is 4.74 Å². The number of nitro groups is 1. The van der Waals surface area contributed by atoms with Crippen LogP contribution in [0.4, 0.5) is 26.2 Å². The maximum Gasteiger partial charge on any atom is 0.410 e. The second kappa shape index (κ2) is 7.21. The van der Waals surface area contributed by atoms with E-state index in [2.05, 4.69) is 5.32 Å². The fourth-order valence-electron chi connectivity index (χ4n) is 2.96. The molecule has 0 atom stereocenters. The third-order valence-corrected chi connectivity index (χ3v) is 4.47. The van der Waals surface area contributed by atoms with Crippen molar-refractivity contribution in [3.63, 3.8) is 0 Å². The van der Waals surface area contributed by atoms with Crippen molar-refractivity contribution in [3.05, 3.63) is 28.1 Å². The molecule has 1 aromatic carbocycles.